The number of nitrogens with one attached hydrogen (secondary N) is 2. The molecule has 2 aliphatic rings. The van der Waals surface area contributed by atoms with E-state index in [0.717, 1.165) is 16.8 Å². The fourth-order valence-corrected chi connectivity index (χ4v) is 5.92. The zero-order valence-electron chi connectivity index (χ0n) is 20.9. The summed E-state index contributed by atoms with van der Waals surface area (Å²) in [5, 5.41) is 3.85. The lowest BCUT2D eigenvalue weighted by molar-refractivity contribution is -0.118. The third-order valence-electron chi connectivity index (χ3n) is 6.93. The van der Waals surface area contributed by atoms with Gasteiger partial charge in [-0.1, -0.05) is 75.9 Å². The molecule has 3 aromatic rings. The van der Waals surface area contributed by atoms with E-state index in [2.05, 4.69) is 50.1 Å². The first-order valence-electron chi connectivity index (χ1n) is 12.3. The summed E-state index contributed by atoms with van der Waals surface area (Å²) in [5.41, 5.74) is 4.64. The van der Waals surface area contributed by atoms with Crippen molar-refractivity contribution in [2.24, 2.45) is 5.41 Å². The lowest BCUT2D eigenvalue weighted by Gasteiger charge is -2.38. The van der Waals surface area contributed by atoms with Gasteiger partial charge in [0.15, 0.2) is 10.9 Å². The predicted octanol–water partition coefficient (Wildman–Crippen LogP) is 6.53. The van der Waals surface area contributed by atoms with Gasteiger partial charge in [-0.15, -0.1) is 0 Å². The standard InChI is InChI=1S/C29H30FN3O2S/c1-16(2)18-7-9-19(10-8-18)23-24-21(13-29(3,4)14-22(24)34)31-26-25(23)27(35)33-28(32-26)36-15-17-5-11-20(30)12-6-17/h5-12,16,23H,13-15H2,1-4H3,(H2,31,32,33,35). The number of hydrogen-bond donors (Lipinski definition) is 2. The van der Waals surface area contributed by atoms with Crippen LogP contribution in [0.3, 0.4) is 0 Å². The molecule has 0 spiro atoms. The number of allylic oxidation sites excluding steroid dienone is 2. The summed E-state index contributed by atoms with van der Waals surface area (Å²) < 4.78 is 13.2. The molecule has 1 aromatic heterocycles. The Hall–Kier alpha value is -3.19. The molecular weight excluding hydrogens is 473 g/mol. The Morgan fingerprint density at radius 2 is 1.75 bits per heavy atom. The molecule has 1 aliphatic heterocycles. The van der Waals surface area contributed by atoms with Crippen LogP contribution in [0.5, 0.6) is 0 Å². The third-order valence-corrected chi connectivity index (χ3v) is 7.87. The first-order chi connectivity index (χ1) is 17.1. The Labute approximate surface area is 214 Å². The van der Waals surface area contributed by atoms with Crippen molar-refractivity contribution in [3.05, 3.63) is 98.2 Å². The number of aromatic nitrogens is 2. The first-order valence-corrected chi connectivity index (χ1v) is 13.2. The number of carbonyl (C=O) groups excluding carboxylic acids is 1. The quantitative estimate of drug-likeness (QED) is 0.306. The SMILES string of the molecule is CC(C)c1ccc(C2C3=C(CC(C)(C)CC3=O)Nc3nc(SCc4ccc(F)cc4)[nH]c(=O)c32)cc1. The molecule has 5 nitrogen and oxygen atoms in total. The van der Waals surface area contributed by atoms with Crippen LogP contribution in [0.25, 0.3) is 0 Å². The van der Waals surface area contributed by atoms with Gasteiger partial charge in [0.25, 0.3) is 5.56 Å². The average molecular weight is 504 g/mol. The summed E-state index contributed by atoms with van der Waals surface area (Å²) in [6, 6.07) is 14.5. The fraction of sp³-hybridized carbons (Fsp3) is 0.345. The van der Waals surface area contributed by atoms with Crippen LogP contribution < -0.4 is 10.9 Å². The summed E-state index contributed by atoms with van der Waals surface area (Å²) in [6.07, 6.45) is 1.15. The van der Waals surface area contributed by atoms with Crippen LogP contribution in [0, 0.1) is 11.2 Å². The van der Waals surface area contributed by atoms with Crippen molar-refractivity contribution in [3.8, 4) is 0 Å². The minimum absolute atomic E-state index is 0.0755. The molecular formula is C29H30FN3O2S. The molecule has 0 saturated carbocycles. The average Bonchev–Trinajstić information content (AvgIpc) is 2.81. The number of H-pyrrole nitrogens is 1. The number of thioether (sulfide) groups is 1. The maximum atomic E-state index is 13.5. The van der Waals surface area contributed by atoms with Crippen LogP contribution in [0.2, 0.25) is 0 Å². The number of nitrogens with zero attached hydrogens (tertiary/aromatic N) is 1. The summed E-state index contributed by atoms with van der Waals surface area (Å²) >= 11 is 1.39. The Morgan fingerprint density at radius 3 is 2.42 bits per heavy atom. The number of anilines is 1. The molecule has 186 valence electrons. The van der Waals surface area contributed by atoms with Gasteiger partial charge in [-0.2, -0.15) is 0 Å². The van der Waals surface area contributed by atoms with Gasteiger partial charge in [0.1, 0.15) is 11.6 Å². The van der Waals surface area contributed by atoms with Crippen molar-refractivity contribution >= 4 is 23.4 Å². The van der Waals surface area contributed by atoms with Gasteiger partial charge >= 0.3 is 0 Å². The van der Waals surface area contributed by atoms with E-state index in [0.29, 0.717) is 46.6 Å². The number of carbonyl (C=O) groups is 1. The molecule has 0 saturated heterocycles. The van der Waals surface area contributed by atoms with Gasteiger partial charge in [-0.05, 0) is 46.6 Å². The fourth-order valence-electron chi connectivity index (χ4n) is 5.10. The van der Waals surface area contributed by atoms with E-state index in [1.54, 1.807) is 12.1 Å². The monoisotopic (exact) mass is 503 g/mol. The molecule has 0 amide bonds. The topological polar surface area (TPSA) is 74.8 Å². The van der Waals surface area contributed by atoms with Gasteiger partial charge in [-0.25, -0.2) is 9.37 Å². The van der Waals surface area contributed by atoms with E-state index >= 15 is 0 Å². The Bertz CT molecular complexity index is 1410. The molecule has 0 radical (unpaired) electrons. The number of fused-ring (bicyclic) bond motifs is 1. The van der Waals surface area contributed by atoms with Crippen molar-refractivity contribution in [2.75, 3.05) is 5.32 Å². The molecule has 5 rings (SSSR count). The zero-order valence-corrected chi connectivity index (χ0v) is 21.8. The smallest absolute Gasteiger partial charge is 0.257 e. The second-order valence-corrected chi connectivity index (χ2v) is 11.7. The summed E-state index contributed by atoms with van der Waals surface area (Å²) in [4.78, 5) is 34.6. The zero-order chi connectivity index (χ0) is 25.6. The van der Waals surface area contributed by atoms with E-state index in [9.17, 15) is 14.0 Å². The molecule has 1 unspecified atom stereocenters. The maximum absolute atomic E-state index is 13.5. The number of hydrogen-bond acceptors (Lipinski definition) is 5. The molecule has 1 aliphatic carbocycles. The van der Waals surface area contributed by atoms with Gasteiger partial charge in [0.05, 0.1) is 5.56 Å². The van der Waals surface area contributed by atoms with Gasteiger partial charge in [-0.3, -0.25) is 9.59 Å². The highest BCUT2D eigenvalue weighted by Gasteiger charge is 2.42. The van der Waals surface area contributed by atoms with Gasteiger partial charge in [0.2, 0.25) is 0 Å². The van der Waals surface area contributed by atoms with E-state index in [1.807, 2.05) is 12.1 Å². The molecule has 1 atom stereocenters. The van der Waals surface area contributed by atoms with Crippen LogP contribution in [-0.2, 0) is 10.5 Å². The molecule has 2 N–H and O–H groups in total. The number of Topliss-reactive ketones (excluding diaryl/α,β-unsaturated/α-hetero) is 1. The largest absolute Gasteiger partial charge is 0.343 e. The van der Waals surface area contributed by atoms with Crippen LogP contribution >= 0.6 is 11.8 Å². The van der Waals surface area contributed by atoms with Crippen molar-refractivity contribution in [1.29, 1.82) is 0 Å². The highest BCUT2D eigenvalue weighted by Crippen LogP contribution is 2.47. The number of benzene rings is 2. The van der Waals surface area contributed by atoms with Crippen molar-refractivity contribution in [3.63, 3.8) is 0 Å². The highest BCUT2D eigenvalue weighted by molar-refractivity contribution is 7.98. The van der Waals surface area contributed by atoms with E-state index in [4.69, 9.17) is 4.98 Å². The molecule has 2 aromatic carbocycles. The van der Waals surface area contributed by atoms with E-state index < -0.39 is 5.92 Å². The lowest BCUT2D eigenvalue weighted by atomic mass is 9.69. The van der Waals surface area contributed by atoms with E-state index in [1.165, 1.54) is 29.5 Å². The molecule has 7 heteroatoms. The number of ketones is 1. The second kappa shape index (κ2) is 9.36. The Kier molecular flexibility index (Phi) is 6.37. The van der Waals surface area contributed by atoms with Crippen LogP contribution in [0.15, 0.2) is 69.8 Å². The molecule has 36 heavy (non-hydrogen) atoms. The Morgan fingerprint density at radius 1 is 1.06 bits per heavy atom. The number of aromatic amines is 1. The van der Waals surface area contributed by atoms with E-state index in [-0.39, 0.29) is 22.6 Å². The third kappa shape index (κ3) is 4.76. The van der Waals surface area contributed by atoms with Crippen LogP contribution in [0.4, 0.5) is 10.2 Å². The van der Waals surface area contributed by atoms with Crippen molar-refractivity contribution in [2.45, 2.75) is 63.3 Å². The van der Waals surface area contributed by atoms with Crippen molar-refractivity contribution in [1.82, 2.24) is 9.97 Å². The minimum Gasteiger partial charge on any atom is -0.343 e. The number of rotatable bonds is 5. The maximum Gasteiger partial charge on any atom is 0.257 e. The Balaban J connectivity index is 1.57. The molecule has 0 fully saturated rings. The molecule has 2 heterocycles. The van der Waals surface area contributed by atoms with Crippen molar-refractivity contribution < 1.29 is 9.18 Å². The predicted molar refractivity (Wildman–Crippen MR) is 142 cm³/mol. The summed E-state index contributed by atoms with van der Waals surface area (Å²) in [5.74, 6) is 0.760. The summed E-state index contributed by atoms with van der Waals surface area (Å²) in [6.45, 7) is 8.46. The summed E-state index contributed by atoms with van der Waals surface area (Å²) in [7, 11) is 0. The first kappa shape index (κ1) is 24.5. The normalized spacial score (nSPS) is 18.6. The molecule has 0 bridgehead atoms. The van der Waals surface area contributed by atoms with Crippen LogP contribution in [-0.4, -0.2) is 15.8 Å². The van der Waals surface area contributed by atoms with Crippen LogP contribution in [0.1, 0.15) is 74.6 Å². The number of halogens is 1. The van der Waals surface area contributed by atoms with Gasteiger partial charge in [0, 0.05) is 29.4 Å². The van der Waals surface area contributed by atoms with Gasteiger partial charge < -0.3 is 10.3 Å². The lowest BCUT2D eigenvalue weighted by Crippen LogP contribution is -2.37. The second-order valence-electron chi connectivity index (χ2n) is 10.8. The minimum atomic E-state index is -0.464. The highest BCUT2D eigenvalue weighted by atomic mass is 32.2.